The molecule has 1 aliphatic heterocycles. The molecule has 19 heavy (non-hydrogen) atoms. The number of nitrogens with zero attached hydrogens (tertiary/aromatic N) is 1. The van der Waals surface area contributed by atoms with Crippen LogP contribution in [-0.4, -0.2) is 30.6 Å². The standard InChI is InChI=1S/C16H22N2O/c1-3-15-14(11-18-9-8-17-12(2)10-18)13-6-4-5-7-16(13)19-15/h4-7,12,17H,3,8-11H2,1-2H3/t12-/m1/s1. The van der Waals surface area contributed by atoms with E-state index in [1.807, 2.05) is 6.07 Å². The summed E-state index contributed by atoms with van der Waals surface area (Å²) in [6.07, 6.45) is 0.964. The van der Waals surface area contributed by atoms with Crippen molar-refractivity contribution in [2.75, 3.05) is 19.6 Å². The van der Waals surface area contributed by atoms with Crippen LogP contribution < -0.4 is 5.32 Å². The fourth-order valence-corrected chi connectivity index (χ4v) is 2.99. The lowest BCUT2D eigenvalue weighted by Crippen LogP contribution is -2.48. The molecule has 1 aliphatic rings. The van der Waals surface area contributed by atoms with E-state index in [9.17, 15) is 0 Å². The van der Waals surface area contributed by atoms with E-state index >= 15 is 0 Å². The Labute approximate surface area is 114 Å². The summed E-state index contributed by atoms with van der Waals surface area (Å²) in [5.74, 6) is 1.15. The molecule has 0 unspecified atom stereocenters. The van der Waals surface area contributed by atoms with Gasteiger partial charge in [0.2, 0.25) is 0 Å². The van der Waals surface area contributed by atoms with Crippen molar-refractivity contribution >= 4 is 11.0 Å². The third kappa shape index (κ3) is 2.53. The van der Waals surface area contributed by atoms with Gasteiger partial charge >= 0.3 is 0 Å². The number of hydrogen-bond acceptors (Lipinski definition) is 3. The van der Waals surface area contributed by atoms with Gasteiger partial charge in [-0.2, -0.15) is 0 Å². The fraction of sp³-hybridized carbons (Fsp3) is 0.500. The predicted octanol–water partition coefficient (Wildman–Crippen LogP) is 2.79. The molecule has 1 saturated heterocycles. The molecule has 1 atom stereocenters. The summed E-state index contributed by atoms with van der Waals surface area (Å²) < 4.78 is 5.97. The van der Waals surface area contributed by atoms with Crippen LogP contribution in [0, 0.1) is 0 Å². The minimum absolute atomic E-state index is 0.581. The van der Waals surface area contributed by atoms with Crippen LogP contribution in [0.1, 0.15) is 25.2 Å². The van der Waals surface area contributed by atoms with E-state index in [0.29, 0.717) is 6.04 Å². The largest absolute Gasteiger partial charge is 0.461 e. The highest BCUT2D eigenvalue weighted by Crippen LogP contribution is 2.27. The molecule has 0 spiro atoms. The van der Waals surface area contributed by atoms with Crippen LogP contribution in [0.15, 0.2) is 28.7 Å². The maximum absolute atomic E-state index is 5.97. The van der Waals surface area contributed by atoms with E-state index in [4.69, 9.17) is 4.42 Å². The summed E-state index contributed by atoms with van der Waals surface area (Å²) in [5.41, 5.74) is 2.41. The van der Waals surface area contributed by atoms with Gasteiger partial charge in [-0.3, -0.25) is 4.90 Å². The van der Waals surface area contributed by atoms with Gasteiger partial charge < -0.3 is 9.73 Å². The molecule has 0 radical (unpaired) electrons. The Morgan fingerprint density at radius 2 is 2.21 bits per heavy atom. The summed E-state index contributed by atoms with van der Waals surface area (Å²) in [4.78, 5) is 2.53. The van der Waals surface area contributed by atoms with Gasteiger partial charge in [-0.1, -0.05) is 25.1 Å². The van der Waals surface area contributed by atoms with Crippen molar-refractivity contribution < 1.29 is 4.42 Å². The SMILES string of the molecule is CCc1oc2ccccc2c1CN1CCN[C@H](C)C1. The summed E-state index contributed by atoms with van der Waals surface area (Å²) >= 11 is 0. The number of piperazine rings is 1. The maximum Gasteiger partial charge on any atom is 0.134 e. The molecule has 102 valence electrons. The molecular formula is C16H22N2O. The first-order valence-electron chi connectivity index (χ1n) is 7.23. The van der Waals surface area contributed by atoms with Crippen molar-refractivity contribution in [3.8, 4) is 0 Å². The molecule has 1 N–H and O–H groups in total. The van der Waals surface area contributed by atoms with Crippen LogP contribution in [0.2, 0.25) is 0 Å². The molecule has 3 heteroatoms. The third-order valence-corrected chi connectivity index (χ3v) is 3.94. The average Bonchev–Trinajstić information content (AvgIpc) is 2.77. The van der Waals surface area contributed by atoms with Gasteiger partial charge in [-0.05, 0) is 13.0 Å². The van der Waals surface area contributed by atoms with Gasteiger partial charge in [0.25, 0.3) is 0 Å². The minimum Gasteiger partial charge on any atom is -0.461 e. The number of hydrogen-bond donors (Lipinski definition) is 1. The lowest BCUT2D eigenvalue weighted by molar-refractivity contribution is 0.199. The quantitative estimate of drug-likeness (QED) is 0.917. The highest BCUT2D eigenvalue weighted by Gasteiger charge is 2.19. The van der Waals surface area contributed by atoms with E-state index < -0.39 is 0 Å². The topological polar surface area (TPSA) is 28.4 Å². The Kier molecular flexibility index (Phi) is 3.58. The zero-order valence-electron chi connectivity index (χ0n) is 11.8. The number of rotatable bonds is 3. The zero-order valence-corrected chi connectivity index (χ0v) is 11.8. The average molecular weight is 258 g/mol. The molecule has 2 aromatic rings. The van der Waals surface area contributed by atoms with Crippen LogP contribution in [0.3, 0.4) is 0 Å². The molecule has 0 amide bonds. The molecule has 0 aliphatic carbocycles. The van der Waals surface area contributed by atoms with E-state index in [2.05, 4.69) is 42.3 Å². The number of nitrogens with one attached hydrogen (secondary N) is 1. The smallest absolute Gasteiger partial charge is 0.134 e. The highest BCUT2D eigenvalue weighted by molar-refractivity contribution is 5.82. The molecule has 2 heterocycles. The Hall–Kier alpha value is -1.32. The number of para-hydroxylation sites is 1. The van der Waals surface area contributed by atoms with Gasteiger partial charge in [0, 0.05) is 49.6 Å². The van der Waals surface area contributed by atoms with E-state index in [1.165, 1.54) is 10.9 Å². The summed E-state index contributed by atoms with van der Waals surface area (Å²) in [6.45, 7) is 8.74. The number of benzene rings is 1. The molecule has 3 rings (SSSR count). The monoisotopic (exact) mass is 258 g/mol. The van der Waals surface area contributed by atoms with Gasteiger partial charge in [0.05, 0.1) is 0 Å². The molecule has 3 nitrogen and oxygen atoms in total. The molecule has 1 aromatic heterocycles. The van der Waals surface area contributed by atoms with Crippen molar-refractivity contribution in [1.82, 2.24) is 10.2 Å². The van der Waals surface area contributed by atoms with Crippen molar-refractivity contribution in [1.29, 1.82) is 0 Å². The molecule has 0 bridgehead atoms. The number of aryl methyl sites for hydroxylation is 1. The lowest BCUT2D eigenvalue weighted by atomic mass is 10.1. The van der Waals surface area contributed by atoms with E-state index in [0.717, 1.165) is 43.9 Å². The Morgan fingerprint density at radius 3 is 3.00 bits per heavy atom. The lowest BCUT2D eigenvalue weighted by Gasteiger charge is -2.31. The predicted molar refractivity (Wildman–Crippen MR) is 78.3 cm³/mol. The van der Waals surface area contributed by atoms with Crippen molar-refractivity contribution in [2.45, 2.75) is 32.9 Å². The Bertz CT molecular complexity index is 561. The number of furan rings is 1. The Balaban J connectivity index is 1.90. The Morgan fingerprint density at radius 1 is 1.37 bits per heavy atom. The van der Waals surface area contributed by atoms with Gasteiger partial charge in [-0.15, -0.1) is 0 Å². The molecule has 1 aromatic carbocycles. The van der Waals surface area contributed by atoms with Crippen LogP contribution in [0.25, 0.3) is 11.0 Å². The normalized spacial score (nSPS) is 21.1. The first-order valence-corrected chi connectivity index (χ1v) is 7.23. The second kappa shape index (κ2) is 5.35. The first-order chi connectivity index (χ1) is 9.28. The number of fused-ring (bicyclic) bond motifs is 1. The van der Waals surface area contributed by atoms with Crippen molar-refractivity contribution in [3.05, 3.63) is 35.6 Å². The first kappa shape index (κ1) is 12.7. The zero-order chi connectivity index (χ0) is 13.2. The maximum atomic E-state index is 5.97. The van der Waals surface area contributed by atoms with Crippen LogP contribution in [0.4, 0.5) is 0 Å². The summed E-state index contributed by atoms with van der Waals surface area (Å²) in [6, 6.07) is 8.97. The van der Waals surface area contributed by atoms with Gasteiger partial charge in [0.1, 0.15) is 11.3 Å². The van der Waals surface area contributed by atoms with Crippen LogP contribution in [-0.2, 0) is 13.0 Å². The molecular weight excluding hydrogens is 236 g/mol. The van der Waals surface area contributed by atoms with Crippen LogP contribution in [0.5, 0.6) is 0 Å². The fourth-order valence-electron chi connectivity index (χ4n) is 2.99. The van der Waals surface area contributed by atoms with Crippen LogP contribution >= 0.6 is 0 Å². The second-order valence-corrected chi connectivity index (χ2v) is 5.44. The third-order valence-electron chi connectivity index (χ3n) is 3.94. The molecule has 1 fully saturated rings. The van der Waals surface area contributed by atoms with E-state index in [1.54, 1.807) is 0 Å². The van der Waals surface area contributed by atoms with Gasteiger partial charge in [0.15, 0.2) is 0 Å². The van der Waals surface area contributed by atoms with Gasteiger partial charge in [-0.25, -0.2) is 0 Å². The highest BCUT2D eigenvalue weighted by atomic mass is 16.3. The van der Waals surface area contributed by atoms with Crippen molar-refractivity contribution in [2.24, 2.45) is 0 Å². The minimum atomic E-state index is 0.581. The summed E-state index contributed by atoms with van der Waals surface area (Å²) in [5, 5.41) is 4.78. The summed E-state index contributed by atoms with van der Waals surface area (Å²) in [7, 11) is 0. The molecule has 0 saturated carbocycles. The van der Waals surface area contributed by atoms with E-state index in [-0.39, 0.29) is 0 Å². The van der Waals surface area contributed by atoms with Crippen molar-refractivity contribution in [3.63, 3.8) is 0 Å². The second-order valence-electron chi connectivity index (χ2n) is 5.44.